The molecule has 0 rings (SSSR count). The minimum atomic E-state index is -4.50. The molecule has 0 atom stereocenters. The van der Waals surface area contributed by atoms with Gasteiger partial charge in [-0.05, 0) is 0 Å². The Morgan fingerprint density at radius 2 is 1.94 bits per heavy atom. The Bertz CT molecular complexity index is 269. The van der Waals surface area contributed by atoms with Gasteiger partial charge in [-0.3, -0.25) is 9.59 Å². The molecule has 0 aromatic carbocycles. The van der Waals surface area contributed by atoms with E-state index in [1.165, 1.54) is 6.92 Å². The maximum atomic E-state index is 12.1. The second kappa shape index (κ2) is 7.10. The van der Waals surface area contributed by atoms with E-state index in [1.54, 1.807) is 0 Å². The first-order valence-corrected chi connectivity index (χ1v) is 4.96. The van der Waals surface area contributed by atoms with Gasteiger partial charge in [-0.1, -0.05) is 0 Å². The maximum Gasteiger partial charge on any atom is 0.406 e. The average molecular weight is 256 g/mol. The van der Waals surface area contributed by atoms with E-state index < -0.39 is 25.2 Å². The van der Waals surface area contributed by atoms with Crippen LogP contribution in [0.4, 0.5) is 13.2 Å². The number of nitrogens with zero attached hydrogens (tertiary/aromatic N) is 1. The first-order chi connectivity index (χ1) is 7.76. The molecular weight excluding hydrogens is 241 g/mol. The first-order valence-electron chi connectivity index (χ1n) is 4.96. The molecule has 0 saturated carbocycles. The van der Waals surface area contributed by atoms with Crippen molar-refractivity contribution in [3.05, 3.63) is 0 Å². The molecule has 0 bridgehead atoms. The predicted octanol–water partition coefficient (Wildman–Crippen LogP) is -0.104. The van der Waals surface area contributed by atoms with Gasteiger partial charge in [0.05, 0.1) is 6.61 Å². The third kappa shape index (κ3) is 8.49. The fourth-order valence-electron chi connectivity index (χ4n) is 1.13. The number of amides is 2. The van der Waals surface area contributed by atoms with Gasteiger partial charge in [0.25, 0.3) is 0 Å². The Balaban J connectivity index is 4.19. The molecule has 17 heavy (non-hydrogen) atoms. The van der Waals surface area contributed by atoms with Crippen LogP contribution < -0.4 is 5.32 Å². The van der Waals surface area contributed by atoms with Crippen LogP contribution in [0.1, 0.15) is 13.3 Å². The Morgan fingerprint density at radius 1 is 1.35 bits per heavy atom. The highest BCUT2D eigenvalue weighted by Crippen LogP contribution is 2.16. The van der Waals surface area contributed by atoms with E-state index in [4.69, 9.17) is 5.11 Å². The smallest absolute Gasteiger partial charge is 0.395 e. The molecule has 0 aliphatic heterocycles. The van der Waals surface area contributed by atoms with Crippen LogP contribution in [0.2, 0.25) is 0 Å². The van der Waals surface area contributed by atoms with Crippen molar-refractivity contribution in [2.45, 2.75) is 19.5 Å². The molecule has 0 fully saturated rings. The van der Waals surface area contributed by atoms with Crippen LogP contribution in [0.15, 0.2) is 0 Å². The fourth-order valence-corrected chi connectivity index (χ4v) is 1.13. The Morgan fingerprint density at radius 3 is 2.35 bits per heavy atom. The average Bonchev–Trinajstić information content (AvgIpc) is 2.14. The van der Waals surface area contributed by atoms with Gasteiger partial charge in [0, 0.05) is 26.4 Å². The highest BCUT2D eigenvalue weighted by molar-refractivity contribution is 5.78. The number of hydrogen-bond donors (Lipinski definition) is 2. The molecule has 5 nitrogen and oxygen atoms in total. The Hall–Kier alpha value is -1.31. The number of aliphatic hydroxyl groups excluding tert-OH is 1. The van der Waals surface area contributed by atoms with Crippen molar-refractivity contribution in [2.24, 2.45) is 0 Å². The summed E-state index contributed by atoms with van der Waals surface area (Å²) in [4.78, 5) is 22.4. The van der Waals surface area contributed by atoms with Crippen molar-refractivity contribution in [3.8, 4) is 0 Å². The van der Waals surface area contributed by atoms with Crippen LogP contribution >= 0.6 is 0 Å². The van der Waals surface area contributed by atoms with E-state index >= 15 is 0 Å². The van der Waals surface area contributed by atoms with Gasteiger partial charge >= 0.3 is 6.18 Å². The van der Waals surface area contributed by atoms with Crippen LogP contribution in [0, 0.1) is 0 Å². The maximum absolute atomic E-state index is 12.1. The van der Waals surface area contributed by atoms with Crippen molar-refractivity contribution in [3.63, 3.8) is 0 Å². The zero-order valence-electron chi connectivity index (χ0n) is 9.38. The number of alkyl halides is 3. The van der Waals surface area contributed by atoms with E-state index in [1.807, 2.05) is 0 Å². The summed E-state index contributed by atoms with van der Waals surface area (Å²) in [5.41, 5.74) is 0. The van der Waals surface area contributed by atoms with Gasteiger partial charge < -0.3 is 15.3 Å². The SMILES string of the molecule is CC(=O)NCCC(=O)N(CCO)CC(F)(F)F. The minimum Gasteiger partial charge on any atom is -0.395 e. The van der Waals surface area contributed by atoms with Crippen LogP contribution in [0.25, 0.3) is 0 Å². The van der Waals surface area contributed by atoms with Gasteiger partial charge in [-0.25, -0.2) is 0 Å². The standard InChI is InChI=1S/C9H15F3N2O3/c1-7(16)13-3-2-8(17)14(4-5-15)6-9(10,11)12/h15H,2-6H2,1H3,(H,13,16). The lowest BCUT2D eigenvalue weighted by Crippen LogP contribution is -2.41. The quantitative estimate of drug-likeness (QED) is 0.697. The van der Waals surface area contributed by atoms with Crippen LogP contribution in [0.5, 0.6) is 0 Å². The van der Waals surface area contributed by atoms with Crippen LogP contribution in [-0.4, -0.2) is 54.2 Å². The molecule has 0 aromatic rings. The third-order valence-electron chi connectivity index (χ3n) is 1.81. The van der Waals surface area contributed by atoms with Gasteiger partial charge in [0.1, 0.15) is 6.54 Å². The fraction of sp³-hybridized carbons (Fsp3) is 0.778. The lowest BCUT2D eigenvalue weighted by atomic mass is 10.3. The van der Waals surface area contributed by atoms with Crippen molar-refractivity contribution in [1.82, 2.24) is 10.2 Å². The monoisotopic (exact) mass is 256 g/mol. The number of carbonyl (C=O) groups is 2. The van der Waals surface area contributed by atoms with Crippen molar-refractivity contribution >= 4 is 11.8 Å². The molecule has 0 aromatic heterocycles. The number of rotatable bonds is 6. The van der Waals surface area contributed by atoms with E-state index in [9.17, 15) is 22.8 Å². The topological polar surface area (TPSA) is 69.6 Å². The number of nitrogens with one attached hydrogen (secondary N) is 1. The second-order valence-corrected chi connectivity index (χ2v) is 3.39. The van der Waals surface area contributed by atoms with Crippen molar-refractivity contribution in [1.29, 1.82) is 0 Å². The Kier molecular flexibility index (Phi) is 6.55. The summed E-state index contributed by atoms with van der Waals surface area (Å²) in [7, 11) is 0. The molecule has 100 valence electrons. The summed E-state index contributed by atoms with van der Waals surface area (Å²) in [6, 6.07) is 0. The molecule has 0 spiro atoms. The van der Waals surface area contributed by atoms with Gasteiger partial charge in [0.15, 0.2) is 0 Å². The number of aliphatic hydroxyl groups is 1. The summed E-state index contributed by atoms with van der Waals surface area (Å²) in [5, 5.41) is 10.9. The molecule has 0 unspecified atom stereocenters. The minimum absolute atomic E-state index is 0.0199. The molecule has 0 saturated heterocycles. The number of hydrogen-bond acceptors (Lipinski definition) is 3. The highest BCUT2D eigenvalue weighted by Gasteiger charge is 2.32. The Labute approximate surface area is 96.6 Å². The zero-order valence-corrected chi connectivity index (χ0v) is 9.38. The summed E-state index contributed by atoms with van der Waals surface area (Å²) in [5.74, 6) is -1.12. The normalized spacial score (nSPS) is 11.1. The molecule has 0 heterocycles. The third-order valence-corrected chi connectivity index (χ3v) is 1.81. The van der Waals surface area contributed by atoms with Crippen molar-refractivity contribution < 1.29 is 27.9 Å². The van der Waals surface area contributed by atoms with Crippen LogP contribution in [0.3, 0.4) is 0 Å². The summed E-state index contributed by atoms with van der Waals surface area (Å²) in [6.07, 6.45) is -4.73. The zero-order chi connectivity index (χ0) is 13.5. The second-order valence-electron chi connectivity index (χ2n) is 3.39. The van der Waals surface area contributed by atoms with E-state index in [0.29, 0.717) is 4.90 Å². The first kappa shape index (κ1) is 15.7. The molecule has 8 heteroatoms. The lowest BCUT2D eigenvalue weighted by Gasteiger charge is -2.23. The van der Waals surface area contributed by atoms with Crippen molar-refractivity contribution in [2.75, 3.05) is 26.2 Å². The van der Waals surface area contributed by atoms with Crippen LogP contribution in [-0.2, 0) is 9.59 Å². The van der Waals surface area contributed by atoms with E-state index in [-0.39, 0.29) is 25.4 Å². The van der Waals surface area contributed by atoms with E-state index in [0.717, 1.165) is 0 Å². The van der Waals surface area contributed by atoms with Gasteiger partial charge in [-0.15, -0.1) is 0 Å². The van der Waals surface area contributed by atoms with Gasteiger partial charge in [0.2, 0.25) is 11.8 Å². The van der Waals surface area contributed by atoms with Gasteiger partial charge in [-0.2, -0.15) is 13.2 Å². The molecule has 0 radical (unpaired) electrons. The number of halogens is 3. The summed E-state index contributed by atoms with van der Waals surface area (Å²) >= 11 is 0. The molecule has 2 amide bonds. The molecule has 0 aliphatic carbocycles. The number of carbonyl (C=O) groups excluding carboxylic acids is 2. The summed E-state index contributed by atoms with van der Waals surface area (Å²) in [6.45, 7) is -1.09. The highest BCUT2D eigenvalue weighted by atomic mass is 19.4. The van der Waals surface area contributed by atoms with E-state index in [2.05, 4.69) is 5.32 Å². The molecule has 2 N–H and O–H groups in total. The molecular formula is C9H15F3N2O3. The lowest BCUT2D eigenvalue weighted by molar-refractivity contribution is -0.162. The predicted molar refractivity (Wildman–Crippen MR) is 53.0 cm³/mol. The summed E-state index contributed by atoms with van der Waals surface area (Å²) < 4.78 is 36.3. The largest absolute Gasteiger partial charge is 0.406 e. The molecule has 0 aliphatic rings.